The number of hydrogen-bond donors (Lipinski definition) is 1. The standard InChI is InChI=1S/C19H13ClN4OS/c1-10-9-24-17(11(2)23-19(24)26-10)5-12(7-21)18(25)15-8-22-16-6-13(20)3-4-14(15)16/h3-6,8-9,22H,1-2H3/b12-5+. The number of H-pyrrole nitrogens is 1. The molecule has 0 aliphatic carbocycles. The van der Waals surface area contributed by atoms with Gasteiger partial charge < -0.3 is 4.98 Å². The zero-order valence-electron chi connectivity index (χ0n) is 14.0. The van der Waals surface area contributed by atoms with Gasteiger partial charge in [0.05, 0.1) is 11.4 Å². The number of benzene rings is 1. The Kier molecular flexibility index (Phi) is 3.91. The smallest absolute Gasteiger partial charge is 0.205 e. The van der Waals surface area contributed by atoms with E-state index in [0.717, 1.165) is 32.1 Å². The predicted molar refractivity (Wildman–Crippen MR) is 104 cm³/mol. The molecular weight excluding hydrogens is 368 g/mol. The highest BCUT2D eigenvalue weighted by Crippen LogP contribution is 2.26. The number of ketones is 1. The van der Waals surface area contributed by atoms with Gasteiger partial charge in [-0.25, -0.2) is 4.98 Å². The number of aromatic amines is 1. The minimum absolute atomic E-state index is 0.0644. The van der Waals surface area contributed by atoms with Crippen molar-refractivity contribution in [3.63, 3.8) is 0 Å². The van der Waals surface area contributed by atoms with Crippen molar-refractivity contribution in [1.29, 1.82) is 5.26 Å². The number of fused-ring (bicyclic) bond motifs is 2. The average molecular weight is 381 g/mol. The summed E-state index contributed by atoms with van der Waals surface area (Å²) in [6, 6.07) is 7.29. The maximum Gasteiger partial charge on any atom is 0.205 e. The summed E-state index contributed by atoms with van der Waals surface area (Å²) in [5.74, 6) is -0.331. The molecule has 3 heterocycles. The zero-order chi connectivity index (χ0) is 18.4. The summed E-state index contributed by atoms with van der Waals surface area (Å²) in [6.45, 7) is 3.86. The molecule has 0 saturated carbocycles. The summed E-state index contributed by atoms with van der Waals surface area (Å²) in [6.07, 6.45) is 5.18. The van der Waals surface area contributed by atoms with Gasteiger partial charge in [-0.2, -0.15) is 5.26 Å². The molecule has 0 aliphatic rings. The summed E-state index contributed by atoms with van der Waals surface area (Å²) >= 11 is 7.56. The first-order valence-corrected chi connectivity index (χ1v) is 9.05. The minimum atomic E-state index is -0.331. The van der Waals surface area contributed by atoms with Gasteiger partial charge >= 0.3 is 0 Å². The molecule has 0 spiro atoms. The Labute approximate surface area is 158 Å². The van der Waals surface area contributed by atoms with Gasteiger partial charge in [0.15, 0.2) is 4.96 Å². The van der Waals surface area contributed by atoms with Crippen LogP contribution in [0, 0.1) is 25.2 Å². The molecule has 0 bridgehead atoms. The van der Waals surface area contributed by atoms with Crippen LogP contribution < -0.4 is 0 Å². The van der Waals surface area contributed by atoms with E-state index in [1.165, 1.54) is 0 Å². The van der Waals surface area contributed by atoms with E-state index in [-0.39, 0.29) is 11.4 Å². The molecule has 7 heteroatoms. The number of imidazole rings is 1. The quantitative estimate of drug-likeness (QED) is 0.311. The number of aryl methyl sites for hydroxylation is 2. The second-order valence-corrected chi connectivity index (χ2v) is 7.62. The van der Waals surface area contributed by atoms with E-state index >= 15 is 0 Å². The Balaban J connectivity index is 1.83. The third-order valence-electron chi connectivity index (χ3n) is 4.20. The number of aromatic nitrogens is 3. The molecule has 128 valence electrons. The lowest BCUT2D eigenvalue weighted by Crippen LogP contribution is -2.02. The molecule has 1 aromatic carbocycles. The van der Waals surface area contributed by atoms with Crippen molar-refractivity contribution >= 4 is 50.7 Å². The highest BCUT2D eigenvalue weighted by molar-refractivity contribution is 7.17. The van der Waals surface area contributed by atoms with Crippen LogP contribution in [0.25, 0.3) is 21.9 Å². The fourth-order valence-corrected chi connectivity index (χ4v) is 4.02. The monoisotopic (exact) mass is 380 g/mol. The van der Waals surface area contributed by atoms with E-state index in [9.17, 15) is 10.1 Å². The molecule has 0 fully saturated rings. The number of nitrogens with one attached hydrogen (secondary N) is 1. The SMILES string of the molecule is Cc1cn2c(/C=C(\C#N)C(=O)c3c[nH]c4cc(Cl)ccc34)c(C)nc2s1. The van der Waals surface area contributed by atoms with Crippen LogP contribution in [0.3, 0.4) is 0 Å². The highest BCUT2D eigenvalue weighted by Gasteiger charge is 2.19. The molecule has 0 radical (unpaired) electrons. The fourth-order valence-electron chi connectivity index (χ4n) is 2.97. The summed E-state index contributed by atoms with van der Waals surface area (Å²) in [5.41, 5.74) is 2.80. The third-order valence-corrected chi connectivity index (χ3v) is 5.33. The van der Waals surface area contributed by atoms with Gasteiger partial charge in [0.2, 0.25) is 5.78 Å². The van der Waals surface area contributed by atoms with Crippen molar-refractivity contribution in [2.75, 3.05) is 0 Å². The van der Waals surface area contributed by atoms with Crippen LogP contribution in [0.4, 0.5) is 0 Å². The molecule has 4 aromatic rings. The lowest BCUT2D eigenvalue weighted by atomic mass is 10.0. The van der Waals surface area contributed by atoms with Crippen LogP contribution in [-0.2, 0) is 0 Å². The first-order valence-electron chi connectivity index (χ1n) is 7.86. The first kappa shape index (κ1) is 16.6. The number of allylic oxidation sites excluding steroid dienone is 1. The number of rotatable bonds is 3. The van der Waals surface area contributed by atoms with Crippen molar-refractivity contribution in [2.24, 2.45) is 0 Å². The van der Waals surface area contributed by atoms with E-state index in [2.05, 4.69) is 9.97 Å². The van der Waals surface area contributed by atoms with Crippen molar-refractivity contribution in [3.8, 4) is 6.07 Å². The number of nitriles is 1. The van der Waals surface area contributed by atoms with E-state index in [1.54, 1.807) is 41.8 Å². The van der Waals surface area contributed by atoms with Gasteiger partial charge in [0.25, 0.3) is 0 Å². The third kappa shape index (κ3) is 2.62. The van der Waals surface area contributed by atoms with Gasteiger partial charge in [-0.05, 0) is 32.1 Å². The lowest BCUT2D eigenvalue weighted by Gasteiger charge is -2.00. The Morgan fingerprint density at radius 3 is 3.00 bits per heavy atom. The summed E-state index contributed by atoms with van der Waals surface area (Å²) < 4.78 is 1.91. The number of halogens is 1. The Morgan fingerprint density at radius 2 is 2.23 bits per heavy atom. The lowest BCUT2D eigenvalue weighted by molar-refractivity contribution is 0.104. The second kappa shape index (κ2) is 6.13. The van der Waals surface area contributed by atoms with Crippen LogP contribution in [0.2, 0.25) is 5.02 Å². The average Bonchev–Trinajstić information content (AvgIpc) is 3.25. The van der Waals surface area contributed by atoms with Gasteiger partial charge in [-0.1, -0.05) is 17.7 Å². The number of carbonyl (C=O) groups excluding carboxylic acids is 1. The summed E-state index contributed by atoms with van der Waals surface area (Å²) in [7, 11) is 0. The number of carbonyl (C=O) groups is 1. The molecule has 1 N–H and O–H groups in total. The van der Waals surface area contributed by atoms with E-state index in [0.29, 0.717) is 10.6 Å². The van der Waals surface area contributed by atoms with Gasteiger partial charge in [0.1, 0.15) is 11.6 Å². The number of nitrogens with zero attached hydrogens (tertiary/aromatic N) is 3. The predicted octanol–water partition coefficient (Wildman–Crippen LogP) is 4.94. The van der Waals surface area contributed by atoms with Crippen molar-refractivity contribution in [2.45, 2.75) is 13.8 Å². The zero-order valence-corrected chi connectivity index (χ0v) is 15.6. The van der Waals surface area contributed by atoms with Crippen LogP contribution in [0.5, 0.6) is 0 Å². The van der Waals surface area contributed by atoms with Crippen molar-refractivity contribution in [1.82, 2.24) is 14.4 Å². The van der Waals surface area contributed by atoms with E-state index in [1.807, 2.05) is 30.5 Å². The van der Waals surface area contributed by atoms with Crippen LogP contribution in [0.15, 0.2) is 36.2 Å². The van der Waals surface area contributed by atoms with Crippen molar-refractivity contribution < 1.29 is 4.79 Å². The number of hydrogen-bond acceptors (Lipinski definition) is 4. The van der Waals surface area contributed by atoms with E-state index < -0.39 is 0 Å². The van der Waals surface area contributed by atoms with Crippen LogP contribution in [-0.4, -0.2) is 20.2 Å². The summed E-state index contributed by atoms with van der Waals surface area (Å²) in [4.78, 5) is 22.4. The number of Topliss-reactive ketones (excluding diaryl/α,β-unsaturated/α-hetero) is 1. The molecule has 0 saturated heterocycles. The molecule has 0 atom stereocenters. The molecule has 4 rings (SSSR count). The minimum Gasteiger partial charge on any atom is -0.360 e. The van der Waals surface area contributed by atoms with Gasteiger partial charge in [-0.15, -0.1) is 11.3 Å². The van der Waals surface area contributed by atoms with Crippen molar-refractivity contribution in [3.05, 3.63) is 63.0 Å². The first-order chi connectivity index (χ1) is 12.5. The maximum atomic E-state index is 12.9. The summed E-state index contributed by atoms with van der Waals surface area (Å²) in [5, 5.41) is 10.9. The molecule has 3 aromatic heterocycles. The van der Waals surface area contributed by atoms with Crippen LogP contribution >= 0.6 is 22.9 Å². The van der Waals surface area contributed by atoms with E-state index in [4.69, 9.17) is 11.6 Å². The Hall–Kier alpha value is -2.88. The highest BCUT2D eigenvalue weighted by atomic mass is 35.5. The fraction of sp³-hybridized carbons (Fsp3) is 0.105. The molecule has 26 heavy (non-hydrogen) atoms. The molecule has 0 amide bonds. The topological polar surface area (TPSA) is 73.9 Å². The number of thiazole rings is 1. The normalized spacial score (nSPS) is 12.0. The largest absolute Gasteiger partial charge is 0.360 e. The molecule has 0 aliphatic heterocycles. The van der Waals surface area contributed by atoms with Gasteiger partial charge in [-0.3, -0.25) is 9.20 Å². The Morgan fingerprint density at radius 1 is 1.42 bits per heavy atom. The molecule has 5 nitrogen and oxygen atoms in total. The molecule has 0 unspecified atom stereocenters. The second-order valence-electron chi connectivity index (χ2n) is 5.97. The van der Waals surface area contributed by atoms with Gasteiger partial charge in [0, 0.05) is 38.8 Å². The maximum absolute atomic E-state index is 12.9. The van der Waals surface area contributed by atoms with Crippen LogP contribution in [0.1, 0.15) is 26.6 Å². The molecular formula is C19H13ClN4OS. The Bertz CT molecular complexity index is 1250.